The van der Waals surface area contributed by atoms with Crippen LogP contribution in [0.25, 0.3) is 0 Å². The molecule has 1 fully saturated rings. The Bertz CT molecular complexity index is 1150. The van der Waals surface area contributed by atoms with Gasteiger partial charge in [-0.25, -0.2) is 4.79 Å². The van der Waals surface area contributed by atoms with Gasteiger partial charge in [0.15, 0.2) is 0 Å². The molecule has 3 heterocycles. The van der Waals surface area contributed by atoms with Crippen LogP contribution in [0.4, 0.5) is 11.5 Å². The van der Waals surface area contributed by atoms with Crippen molar-refractivity contribution in [2.45, 2.75) is 19.1 Å². The van der Waals surface area contributed by atoms with E-state index in [1.54, 1.807) is 7.05 Å². The van der Waals surface area contributed by atoms with Gasteiger partial charge < -0.3 is 19.6 Å². The van der Waals surface area contributed by atoms with Gasteiger partial charge in [0, 0.05) is 58.3 Å². The quantitative estimate of drug-likeness (QED) is 0.612. The van der Waals surface area contributed by atoms with Gasteiger partial charge in [0.25, 0.3) is 5.56 Å². The summed E-state index contributed by atoms with van der Waals surface area (Å²) in [6, 6.07) is 7.90. The minimum absolute atomic E-state index is 0.0591. The van der Waals surface area contributed by atoms with Gasteiger partial charge in [-0.1, -0.05) is 28.1 Å². The number of nitrogens with zero attached hydrogens (tertiary/aromatic N) is 6. The van der Waals surface area contributed by atoms with Crippen LogP contribution < -0.4 is 21.0 Å². The van der Waals surface area contributed by atoms with Crippen LogP contribution in [0.15, 0.2) is 38.3 Å². The third kappa shape index (κ3) is 3.97. The summed E-state index contributed by atoms with van der Waals surface area (Å²) in [7, 11) is 7.06. The minimum Gasteiger partial charge on any atom is -0.340 e. The lowest BCUT2D eigenvalue weighted by Crippen LogP contribution is -2.51. The molecule has 1 saturated heterocycles. The molecule has 2 aliphatic rings. The van der Waals surface area contributed by atoms with Crippen molar-refractivity contribution in [3.05, 3.63) is 55.1 Å². The Morgan fingerprint density at radius 2 is 1.72 bits per heavy atom. The highest BCUT2D eigenvalue weighted by atomic mass is 79.9. The van der Waals surface area contributed by atoms with E-state index in [9.17, 15) is 14.4 Å². The van der Waals surface area contributed by atoms with Gasteiger partial charge in [0.2, 0.25) is 5.91 Å². The summed E-state index contributed by atoms with van der Waals surface area (Å²) < 4.78 is 3.57. The molecular formula is C22H29BrN6O3. The second-order valence-corrected chi connectivity index (χ2v) is 9.53. The first-order chi connectivity index (χ1) is 15.2. The topological polar surface area (TPSA) is 74.0 Å². The summed E-state index contributed by atoms with van der Waals surface area (Å²) in [5, 5.41) is 0. The first-order valence-corrected chi connectivity index (χ1v) is 11.5. The normalized spacial score (nSPS) is 18.9. The van der Waals surface area contributed by atoms with Crippen LogP contribution in [-0.2, 0) is 25.4 Å². The number of aromatic nitrogens is 2. The average molecular weight is 505 g/mol. The predicted molar refractivity (Wildman–Crippen MR) is 128 cm³/mol. The second kappa shape index (κ2) is 8.74. The van der Waals surface area contributed by atoms with E-state index in [-0.39, 0.29) is 29.7 Å². The van der Waals surface area contributed by atoms with Gasteiger partial charge >= 0.3 is 5.69 Å². The van der Waals surface area contributed by atoms with E-state index in [1.165, 1.54) is 11.6 Å². The third-order valence-electron chi connectivity index (χ3n) is 6.49. The molecule has 1 aromatic carbocycles. The predicted octanol–water partition coefficient (Wildman–Crippen LogP) is 0.793. The highest BCUT2D eigenvalue weighted by Crippen LogP contribution is 2.37. The van der Waals surface area contributed by atoms with Crippen LogP contribution in [0.3, 0.4) is 0 Å². The van der Waals surface area contributed by atoms with Crippen LogP contribution in [0.2, 0.25) is 0 Å². The Balaban J connectivity index is 1.73. The van der Waals surface area contributed by atoms with E-state index in [1.807, 2.05) is 46.0 Å². The summed E-state index contributed by atoms with van der Waals surface area (Å²) in [5.74, 6) is 0.605. The van der Waals surface area contributed by atoms with Crippen LogP contribution >= 0.6 is 15.9 Å². The monoisotopic (exact) mass is 504 g/mol. The highest BCUT2D eigenvalue weighted by molar-refractivity contribution is 9.10. The van der Waals surface area contributed by atoms with E-state index in [4.69, 9.17) is 0 Å². The first-order valence-electron chi connectivity index (χ1n) is 10.7. The zero-order valence-electron chi connectivity index (χ0n) is 18.9. The zero-order chi connectivity index (χ0) is 23.2. The Hall–Kier alpha value is -2.59. The van der Waals surface area contributed by atoms with Crippen molar-refractivity contribution in [1.29, 1.82) is 0 Å². The number of halogens is 1. The van der Waals surface area contributed by atoms with E-state index < -0.39 is 0 Å². The number of anilines is 2. The fourth-order valence-corrected chi connectivity index (χ4v) is 5.02. The maximum absolute atomic E-state index is 13.2. The van der Waals surface area contributed by atoms with Gasteiger partial charge in [-0.15, -0.1) is 0 Å². The highest BCUT2D eigenvalue weighted by Gasteiger charge is 2.40. The summed E-state index contributed by atoms with van der Waals surface area (Å²) in [4.78, 5) is 47.0. The van der Waals surface area contributed by atoms with Crippen molar-refractivity contribution in [3.63, 3.8) is 0 Å². The average Bonchev–Trinajstić information content (AvgIpc) is 3.03. The maximum atomic E-state index is 13.2. The summed E-state index contributed by atoms with van der Waals surface area (Å²) in [6.07, 6.45) is -0.128. The maximum Gasteiger partial charge on any atom is 0.332 e. The van der Waals surface area contributed by atoms with Crippen molar-refractivity contribution in [2.24, 2.45) is 14.1 Å². The molecule has 0 bridgehead atoms. The molecule has 0 N–H and O–H groups in total. The van der Waals surface area contributed by atoms with Crippen LogP contribution in [0, 0.1) is 0 Å². The molecular weight excluding hydrogens is 476 g/mol. The van der Waals surface area contributed by atoms with Crippen LogP contribution in [0.5, 0.6) is 0 Å². The molecule has 9 nitrogen and oxygen atoms in total. The molecule has 4 rings (SSSR count). The van der Waals surface area contributed by atoms with Crippen molar-refractivity contribution in [3.8, 4) is 0 Å². The minimum atomic E-state index is -0.381. The molecule has 1 aromatic heterocycles. The lowest BCUT2D eigenvalue weighted by Gasteiger charge is -2.35. The van der Waals surface area contributed by atoms with Crippen LogP contribution in [0.1, 0.15) is 12.0 Å². The Kier molecular flexibility index (Phi) is 6.17. The van der Waals surface area contributed by atoms with E-state index in [0.29, 0.717) is 31.1 Å². The lowest BCUT2D eigenvalue weighted by atomic mass is 10.2. The SMILES string of the molecule is CN1CCN(C(=O)CC2N(C)c3c(c(=O)n(C)c(=O)n3C)N2Cc2cccc(Br)c2)CC1. The molecule has 2 aliphatic heterocycles. The number of amides is 1. The molecule has 2 aromatic rings. The van der Waals surface area contributed by atoms with Gasteiger partial charge in [0.1, 0.15) is 17.7 Å². The van der Waals surface area contributed by atoms with Gasteiger partial charge in [-0.2, -0.15) is 0 Å². The number of carbonyl (C=O) groups is 1. The number of benzene rings is 1. The van der Waals surface area contributed by atoms with E-state index in [2.05, 4.69) is 27.9 Å². The lowest BCUT2D eigenvalue weighted by molar-refractivity contribution is -0.133. The van der Waals surface area contributed by atoms with Gasteiger partial charge in [0.05, 0.1) is 6.42 Å². The number of hydrogen-bond acceptors (Lipinski definition) is 6. The molecule has 1 unspecified atom stereocenters. The van der Waals surface area contributed by atoms with Gasteiger partial charge in [-0.3, -0.25) is 18.7 Å². The molecule has 0 saturated carbocycles. The molecule has 1 amide bonds. The summed E-state index contributed by atoms with van der Waals surface area (Å²) in [5.41, 5.74) is 0.732. The largest absolute Gasteiger partial charge is 0.340 e. The van der Waals surface area contributed by atoms with E-state index >= 15 is 0 Å². The van der Waals surface area contributed by atoms with Crippen molar-refractivity contribution in [1.82, 2.24) is 18.9 Å². The molecule has 0 spiro atoms. The number of rotatable bonds is 4. The molecule has 32 heavy (non-hydrogen) atoms. The Morgan fingerprint density at radius 1 is 1.03 bits per heavy atom. The number of likely N-dealkylation sites (N-methyl/N-ethyl adjacent to an activating group) is 1. The molecule has 172 valence electrons. The Labute approximate surface area is 195 Å². The third-order valence-corrected chi connectivity index (χ3v) is 6.99. The number of fused-ring (bicyclic) bond motifs is 1. The molecule has 1 atom stereocenters. The first kappa shape index (κ1) is 22.6. The zero-order valence-corrected chi connectivity index (χ0v) is 20.5. The van der Waals surface area contributed by atoms with E-state index in [0.717, 1.165) is 27.7 Å². The van der Waals surface area contributed by atoms with Crippen molar-refractivity contribution < 1.29 is 4.79 Å². The van der Waals surface area contributed by atoms with Crippen LogP contribution in [-0.4, -0.2) is 71.3 Å². The summed E-state index contributed by atoms with van der Waals surface area (Å²) >= 11 is 3.51. The smallest absolute Gasteiger partial charge is 0.332 e. The fraction of sp³-hybridized carbons (Fsp3) is 0.500. The molecule has 0 radical (unpaired) electrons. The standard InChI is InChI=1S/C22H29BrN6O3/c1-24-8-10-28(11-9-24)18(30)13-17-25(2)20-19(21(31)27(4)22(32)26(20)3)29(17)14-15-6-5-7-16(23)12-15/h5-7,12,17H,8-11,13-14H2,1-4H3. The summed E-state index contributed by atoms with van der Waals surface area (Å²) in [6.45, 7) is 3.55. The molecule has 10 heteroatoms. The number of piperazine rings is 1. The second-order valence-electron chi connectivity index (χ2n) is 8.62. The fourth-order valence-electron chi connectivity index (χ4n) is 4.57. The Morgan fingerprint density at radius 3 is 2.38 bits per heavy atom. The van der Waals surface area contributed by atoms with Crippen molar-refractivity contribution in [2.75, 3.05) is 50.1 Å². The number of hydrogen-bond donors (Lipinski definition) is 0. The number of carbonyl (C=O) groups excluding carboxylic acids is 1. The van der Waals surface area contributed by atoms with Gasteiger partial charge in [-0.05, 0) is 24.7 Å². The van der Waals surface area contributed by atoms with Crippen molar-refractivity contribution >= 4 is 33.3 Å². The molecule has 0 aliphatic carbocycles.